The van der Waals surface area contributed by atoms with Gasteiger partial charge in [-0.15, -0.1) is 0 Å². The van der Waals surface area contributed by atoms with E-state index in [9.17, 15) is 13.2 Å². The van der Waals surface area contributed by atoms with Crippen LogP contribution in [-0.4, -0.2) is 44.5 Å². The normalized spacial score (nSPS) is 19.6. The van der Waals surface area contributed by atoms with Gasteiger partial charge in [0, 0.05) is 26.2 Å². The van der Waals surface area contributed by atoms with Gasteiger partial charge in [0.1, 0.15) is 0 Å². The Labute approximate surface area is 108 Å². The maximum atomic E-state index is 11.9. The molecule has 6 nitrogen and oxygen atoms in total. The third-order valence-electron chi connectivity index (χ3n) is 3.09. The summed E-state index contributed by atoms with van der Waals surface area (Å²) in [5, 5.41) is 8.16. The predicted molar refractivity (Wildman–Crippen MR) is 66.8 cm³/mol. The lowest BCUT2D eigenvalue weighted by atomic mass is 10.1. The lowest BCUT2D eigenvalue weighted by Gasteiger charge is -2.23. The van der Waals surface area contributed by atoms with E-state index in [0.717, 1.165) is 0 Å². The Balaban J connectivity index is 2.34. The quantitative estimate of drug-likeness (QED) is 0.711. The highest BCUT2D eigenvalue weighted by molar-refractivity contribution is 7.90. The number of carbonyl (C=O) groups is 1. The maximum Gasteiger partial charge on any atom is 0.303 e. The van der Waals surface area contributed by atoms with Crippen molar-refractivity contribution in [1.82, 2.24) is 4.72 Å². The van der Waals surface area contributed by atoms with Crippen LogP contribution in [0, 0.1) is 5.92 Å². The number of hydrogen-bond acceptors (Lipinski definition) is 4. The molecule has 0 radical (unpaired) electrons. The van der Waals surface area contributed by atoms with E-state index in [0.29, 0.717) is 39.0 Å². The van der Waals surface area contributed by atoms with Gasteiger partial charge in [0.15, 0.2) is 0 Å². The molecule has 0 saturated carbocycles. The minimum Gasteiger partial charge on any atom is -0.481 e. The molecule has 1 rings (SSSR count). The molecule has 0 aliphatic carbocycles. The number of aliphatic carboxylic acids is 1. The smallest absolute Gasteiger partial charge is 0.303 e. The highest BCUT2D eigenvalue weighted by Gasteiger charge is 2.27. The van der Waals surface area contributed by atoms with Crippen LogP contribution in [-0.2, 0) is 19.6 Å². The van der Waals surface area contributed by atoms with Gasteiger partial charge in [-0.05, 0) is 25.2 Å². The van der Waals surface area contributed by atoms with E-state index in [4.69, 9.17) is 9.84 Å². The molecule has 0 amide bonds. The summed E-state index contributed by atoms with van der Waals surface area (Å²) in [5.41, 5.74) is 0. The van der Waals surface area contributed by atoms with Crippen LogP contribution in [0.5, 0.6) is 0 Å². The van der Waals surface area contributed by atoms with Crippen LogP contribution in [0.1, 0.15) is 32.6 Å². The molecule has 1 aliphatic heterocycles. The van der Waals surface area contributed by atoms with Gasteiger partial charge in [0.25, 0.3) is 0 Å². The second-order valence-electron chi connectivity index (χ2n) is 4.74. The molecule has 0 aromatic heterocycles. The third-order valence-corrected chi connectivity index (χ3v) is 5.01. The topological polar surface area (TPSA) is 92.7 Å². The summed E-state index contributed by atoms with van der Waals surface area (Å²) >= 11 is 0. The molecule has 2 N–H and O–H groups in total. The van der Waals surface area contributed by atoms with Crippen LogP contribution in [0.25, 0.3) is 0 Å². The minimum absolute atomic E-state index is 0.0238. The number of carboxylic acids is 1. The second-order valence-corrected chi connectivity index (χ2v) is 6.79. The van der Waals surface area contributed by atoms with Crippen molar-refractivity contribution in [3.8, 4) is 0 Å². The van der Waals surface area contributed by atoms with Crippen molar-refractivity contribution in [3.63, 3.8) is 0 Å². The van der Waals surface area contributed by atoms with Crippen LogP contribution in [0.2, 0.25) is 0 Å². The van der Waals surface area contributed by atoms with Gasteiger partial charge < -0.3 is 9.84 Å². The van der Waals surface area contributed by atoms with Crippen LogP contribution >= 0.6 is 0 Å². The average Bonchev–Trinajstić information content (AvgIpc) is 2.35. The van der Waals surface area contributed by atoms with Crippen molar-refractivity contribution >= 4 is 16.0 Å². The predicted octanol–water partition coefficient (Wildman–Crippen LogP) is 0.586. The van der Waals surface area contributed by atoms with Crippen LogP contribution in [0.15, 0.2) is 0 Å². The van der Waals surface area contributed by atoms with E-state index in [1.807, 2.05) is 6.92 Å². The first-order valence-corrected chi connectivity index (χ1v) is 7.74. The van der Waals surface area contributed by atoms with Gasteiger partial charge in [0.2, 0.25) is 10.0 Å². The van der Waals surface area contributed by atoms with Crippen molar-refractivity contribution in [2.24, 2.45) is 5.92 Å². The summed E-state index contributed by atoms with van der Waals surface area (Å²) in [4.78, 5) is 10.4. The summed E-state index contributed by atoms with van der Waals surface area (Å²) in [5.74, 6) is -0.829. The molecule has 7 heteroatoms. The second kappa shape index (κ2) is 7.06. The molecule has 1 heterocycles. The Kier molecular flexibility index (Phi) is 6.04. The zero-order valence-corrected chi connectivity index (χ0v) is 11.4. The van der Waals surface area contributed by atoms with E-state index in [-0.39, 0.29) is 17.6 Å². The number of sulfonamides is 1. The zero-order chi connectivity index (χ0) is 13.6. The fourth-order valence-corrected chi connectivity index (χ4v) is 3.40. The van der Waals surface area contributed by atoms with E-state index in [2.05, 4.69) is 4.72 Å². The molecule has 18 heavy (non-hydrogen) atoms. The summed E-state index contributed by atoms with van der Waals surface area (Å²) in [7, 11) is -3.29. The number of rotatable bonds is 7. The van der Waals surface area contributed by atoms with Gasteiger partial charge in [-0.2, -0.15) is 0 Å². The fourth-order valence-electron chi connectivity index (χ4n) is 1.83. The van der Waals surface area contributed by atoms with E-state index in [1.165, 1.54) is 0 Å². The van der Waals surface area contributed by atoms with Crippen LogP contribution in [0.3, 0.4) is 0 Å². The summed E-state index contributed by atoms with van der Waals surface area (Å²) < 4.78 is 31.6. The first-order valence-electron chi connectivity index (χ1n) is 6.20. The number of carboxylic acid groups (broad SMARTS) is 1. The first-order chi connectivity index (χ1) is 8.42. The van der Waals surface area contributed by atoms with Crippen LogP contribution < -0.4 is 4.72 Å². The highest BCUT2D eigenvalue weighted by atomic mass is 32.2. The summed E-state index contributed by atoms with van der Waals surface area (Å²) in [6.45, 7) is 3.11. The van der Waals surface area contributed by atoms with Crippen molar-refractivity contribution in [2.75, 3.05) is 19.8 Å². The molecule has 1 aliphatic rings. The molecule has 0 bridgehead atoms. The monoisotopic (exact) mass is 279 g/mol. The Morgan fingerprint density at radius 1 is 1.44 bits per heavy atom. The Morgan fingerprint density at radius 2 is 2.06 bits per heavy atom. The minimum atomic E-state index is -3.29. The van der Waals surface area contributed by atoms with Gasteiger partial charge >= 0.3 is 5.97 Å². The lowest BCUT2D eigenvalue weighted by molar-refractivity contribution is -0.137. The molecular formula is C11H21NO5S. The van der Waals surface area contributed by atoms with Crippen molar-refractivity contribution in [2.45, 2.75) is 37.9 Å². The van der Waals surface area contributed by atoms with Gasteiger partial charge in [0.05, 0.1) is 5.25 Å². The van der Waals surface area contributed by atoms with E-state index < -0.39 is 16.0 Å². The number of ether oxygens (including phenoxy) is 1. The Bertz CT molecular complexity index is 362. The summed E-state index contributed by atoms with van der Waals surface area (Å²) in [6, 6.07) is 0. The lowest BCUT2D eigenvalue weighted by Crippen LogP contribution is -2.39. The van der Waals surface area contributed by atoms with Gasteiger partial charge in [-0.1, -0.05) is 6.92 Å². The molecule has 0 aromatic carbocycles. The Hall–Kier alpha value is -0.660. The summed E-state index contributed by atoms with van der Waals surface area (Å²) in [6.07, 6.45) is 1.60. The first kappa shape index (κ1) is 15.4. The third kappa shape index (κ3) is 5.32. The SMILES string of the molecule is CC(CCC(=O)O)CNS(=O)(=O)C1CCOCC1. The largest absolute Gasteiger partial charge is 0.481 e. The fraction of sp³-hybridized carbons (Fsp3) is 0.909. The van der Waals surface area contributed by atoms with Gasteiger partial charge in [-0.25, -0.2) is 13.1 Å². The average molecular weight is 279 g/mol. The van der Waals surface area contributed by atoms with Crippen molar-refractivity contribution < 1.29 is 23.1 Å². The molecule has 1 atom stereocenters. The number of hydrogen-bond donors (Lipinski definition) is 2. The molecule has 1 saturated heterocycles. The molecule has 1 unspecified atom stereocenters. The molecule has 1 fully saturated rings. The van der Waals surface area contributed by atoms with Crippen molar-refractivity contribution in [3.05, 3.63) is 0 Å². The highest BCUT2D eigenvalue weighted by Crippen LogP contribution is 2.15. The van der Waals surface area contributed by atoms with E-state index >= 15 is 0 Å². The standard InChI is InChI=1S/C11H21NO5S/c1-9(2-3-11(13)14)8-12-18(15,16)10-4-6-17-7-5-10/h9-10,12H,2-8H2,1H3,(H,13,14). The maximum absolute atomic E-state index is 11.9. The zero-order valence-electron chi connectivity index (χ0n) is 10.6. The molecular weight excluding hydrogens is 258 g/mol. The van der Waals surface area contributed by atoms with Gasteiger partial charge in [-0.3, -0.25) is 4.79 Å². The van der Waals surface area contributed by atoms with E-state index in [1.54, 1.807) is 0 Å². The van der Waals surface area contributed by atoms with Crippen molar-refractivity contribution in [1.29, 1.82) is 0 Å². The molecule has 0 aromatic rings. The van der Waals surface area contributed by atoms with Crippen LogP contribution in [0.4, 0.5) is 0 Å². The number of nitrogens with one attached hydrogen (secondary N) is 1. The molecule has 0 spiro atoms. The Morgan fingerprint density at radius 3 is 2.61 bits per heavy atom. The molecule has 106 valence electrons.